The number of aryl methyl sites for hydroxylation is 2. The fourth-order valence-electron chi connectivity index (χ4n) is 2.40. The SMILES string of the molecule is COc1cc2ncc(=O)n(Cc3nc(C)c(C)o3)c2cc1OC. The van der Waals surface area contributed by atoms with Crippen LogP contribution >= 0.6 is 0 Å². The van der Waals surface area contributed by atoms with Crippen LogP contribution in [0.5, 0.6) is 11.5 Å². The van der Waals surface area contributed by atoms with Crippen LogP contribution < -0.4 is 15.0 Å². The van der Waals surface area contributed by atoms with E-state index in [0.29, 0.717) is 28.4 Å². The van der Waals surface area contributed by atoms with Crippen LogP contribution in [0.1, 0.15) is 17.3 Å². The molecule has 0 fully saturated rings. The highest BCUT2D eigenvalue weighted by Gasteiger charge is 2.14. The lowest BCUT2D eigenvalue weighted by Gasteiger charge is -2.12. The molecular formula is C16H17N3O4. The Morgan fingerprint density at radius 1 is 1.17 bits per heavy atom. The van der Waals surface area contributed by atoms with Crippen molar-refractivity contribution in [1.29, 1.82) is 0 Å². The highest BCUT2D eigenvalue weighted by atomic mass is 16.5. The lowest BCUT2D eigenvalue weighted by molar-refractivity contribution is 0.355. The van der Waals surface area contributed by atoms with E-state index in [0.717, 1.165) is 11.5 Å². The maximum absolute atomic E-state index is 12.2. The monoisotopic (exact) mass is 315 g/mol. The van der Waals surface area contributed by atoms with Crippen molar-refractivity contribution >= 4 is 11.0 Å². The lowest BCUT2D eigenvalue weighted by atomic mass is 10.2. The van der Waals surface area contributed by atoms with Crippen molar-refractivity contribution in [2.45, 2.75) is 20.4 Å². The van der Waals surface area contributed by atoms with Gasteiger partial charge in [0.1, 0.15) is 12.3 Å². The smallest absolute Gasteiger partial charge is 0.269 e. The van der Waals surface area contributed by atoms with E-state index in [1.807, 2.05) is 13.8 Å². The second kappa shape index (κ2) is 5.75. The molecule has 0 bridgehead atoms. The Bertz CT molecular complexity index is 907. The Labute approximate surface area is 132 Å². The summed E-state index contributed by atoms with van der Waals surface area (Å²) in [4.78, 5) is 20.7. The number of methoxy groups -OCH3 is 2. The standard InChI is InChI=1S/C16H17N3O4/c1-9-10(2)23-15(18-9)8-19-12-6-14(22-4)13(21-3)5-11(12)17-7-16(19)20/h5-7H,8H2,1-4H3. The van der Waals surface area contributed by atoms with Crippen LogP contribution in [0, 0.1) is 13.8 Å². The van der Waals surface area contributed by atoms with E-state index in [1.54, 1.807) is 30.9 Å². The van der Waals surface area contributed by atoms with Crippen molar-refractivity contribution in [3.63, 3.8) is 0 Å². The third kappa shape index (κ3) is 2.65. The zero-order chi connectivity index (χ0) is 16.6. The van der Waals surface area contributed by atoms with Gasteiger partial charge in [0.15, 0.2) is 11.5 Å². The molecule has 0 aliphatic rings. The van der Waals surface area contributed by atoms with Gasteiger partial charge in [-0.15, -0.1) is 0 Å². The van der Waals surface area contributed by atoms with E-state index < -0.39 is 0 Å². The molecule has 3 aromatic rings. The summed E-state index contributed by atoms with van der Waals surface area (Å²) in [5.74, 6) is 2.30. The van der Waals surface area contributed by atoms with Crippen molar-refractivity contribution in [3.8, 4) is 11.5 Å². The van der Waals surface area contributed by atoms with Crippen molar-refractivity contribution in [2.24, 2.45) is 0 Å². The van der Waals surface area contributed by atoms with Crippen LogP contribution in [0.15, 0.2) is 27.5 Å². The molecule has 0 saturated carbocycles. The van der Waals surface area contributed by atoms with E-state index in [2.05, 4.69) is 9.97 Å². The van der Waals surface area contributed by atoms with Gasteiger partial charge in [0.2, 0.25) is 5.89 Å². The van der Waals surface area contributed by atoms with Crippen LogP contribution in [-0.2, 0) is 6.54 Å². The fourth-order valence-corrected chi connectivity index (χ4v) is 2.40. The van der Waals surface area contributed by atoms with Gasteiger partial charge < -0.3 is 13.9 Å². The molecule has 0 aliphatic carbocycles. The summed E-state index contributed by atoms with van der Waals surface area (Å²) in [7, 11) is 3.10. The molecule has 0 aliphatic heterocycles. The molecule has 0 amide bonds. The van der Waals surface area contributed by atoms with Gasteiger partial charge in [-0.3, -0.25) is 9.36 Å². The van der Waals surface area contributed by atoms with Crippen molar-refractivity contribution < 1.29 is 13.9 Å². The molecule has 1 aromatic carbocycles. The van der Waals surface area contributed by atoms with Gasteiger partial charge in [-0.05, 0) is 13.8 Å². The summed E-state index contributed by atoms with van der Waals surface area (Å²) in [5.41, 5.74) is 1.83. The first-order valence-electron chi connectivity index (χ1n) is 7.08. The molecule has 2 aromatic heterocycles. The van der Waals surface area contributed by atoms with E-state index in [4.69, 9.17) is 13.9 Å². The normalized spacial score (nSPS) is 11.0. The predicted molar refractivity (Wildman–Crippen MR) is 84.2 cm³/mol. The number of aromatic nitrogens is 3. The minimum atomic E-state index is -0.238. The number of ether oxygens (including phenoxy) is 2. The Hall–Kier alpha value is -2.83. The zero-order valence-corrected chi connectivity index (χ0v) is 13.4. The Kier molecular flexibility index (Phi) is 3.77. The molecule has 0 saturated heterocycles. The van der Waals surface area contributed by atoms with Crippen LogP contribution in [0.25, 0.3) is 11.0 Å². The van der Waals surface area contributed by atoms with Crippen LogP contribution in [0.4, 0.5) is 0 Å². The Morgan fingerprint density at radius 2 is 1.87 bits per heavy atom. The molecule has 0 spiro atoms. The maximum Gasteiger partial charge on any atom is 0.269 e. The van der Waals surface area contributed by atoms with Crippen molar-refractivity contribution in [3.05, 3.63) is 46.0 Å². The topological polar surface area (TPSA) is 79.4 Å². The number of benzene rings is 1. The average Bonchev–Trinajstić information content (AvgIpc) is 2.87. The average molecular weight is 315 g/mol. The van der Waals surface area contributed by atoms with Crippen LogP contribution in [0.2, 0.25) is 0 Å². The van der Waals surface area contributed by atoms with Gasteiger partial charge in [0, 0.05) is 12.1 Å². The Balaban J connectivity index is 2.18. The summed E-state index contributed by atoms with van der Waals surface area (Å²) in [6.07, 6.45) is 1.27. The Morgan fingerprint density at radius 3 is 2.48 bits per heavy atom. The summed E-state index contributed by atoms with van der Waals surface area (Å²) >= 11 is 0. The lowest BCUT2D eigenvalue weighted by Crippen LogP contribution is -2.21. The first kappa shape index (κ1) is 15.1. The first-order valence-corrected chi connectivity index (χ1v) is 7.08. The van der Waals surface area contributed by atoms with Gasteiger partial charge in [-0.2, -0.15) is 0 Å². The van der Waals surface area contributed by atoms with Gasteiger partial charge in [0.05, 0.1) is 37.1 Å². The molecule has 7 nitrogen and oxygen atoms in total. The summed E-state index contributed by atoms with van der Waals surface area (Å²) in [6.45, 7) is 3.93. The fraction of sp³-hybridized carbons (Fsp3) is 0.312. The molecule has 23 heavy (non-hydrogen) atoms. The molecular weight excluding hydrogens is 298 g/mol. The number of rotatable bonds is 4. The minimum absolute atomic E-state index is 0.224. The molecule has 0 unspecified atom stereocenters. The molecule has 3 rings (SSSR count). The second-order valence-electron chi connectivity index (χ2n) is 5.13. The molecule has 0 atom stereocenters. The first-order chi connectivity index (χ1) is 11.0. The number of hydrogen-bond donors (Lipinski definition) is 0. The number of nitrogens with zero attached hydrogens (tertiary/aromatic N) is 3. The second-order valence-corrected chi connectivity index (χ2v) is 5.13. The van der Waals surface area contributed by atoms with Crippen molar-refractivity contribution in [2.75, 3.05) is 14.2 Å². The molecule has 2 heterocycles. The maximum atomic E-state index is 12.2. The third-order valence-corrected chi connectivity index (χ3v) is 3.72. The number of hydrogen-bond acceptors (Lipinski definition) is 6. The third-order valence-electron chi connectivity index (χ3n) is 3.72. The van der Waals surface area contributed by atoms with E-state index in [1.165, 1.54) is 6.20 Å². The van der Waals surface area contributed by atoms with Gasteiger partial charge in [0.25, 0.3) is 5.56 Å². The largest absolute Gasteiger partial charge is 0.493 e. The van der Waals surface area contributed by atoms with E-state index in [9.17, 15) is 4.79 Å². The van der Waals surface area contributed by atoms with Crippen LogP contribution in [-0.4, -0.2) is 28.8 Å². The van der Waals surface area contributed by atoms with Gasteiger partial charge in [-0.25, -0.2) is 9.97 Å². The molecule has 7 heteroatoms. The minimum Gasteiger partial charge on any atom is -0.493 e. The van der Waals surface area contributed by atoms with E-state index in [-0.39, 0.29) is 12.1 Å². The highest BCUT2D eigenvalue weighted by Crippen LogP contribution is 2.30. The molecule has 120 valence electrons. The van der Waals surface area contributed by atoms with E-state index >= 15 is 0 Å². The molecule has 0 radical (unpaired) electrons. The summed E-state index contributed by atoms with van der Waals surface area (Å²) in [6, 6.07) is 3.46. The summed E-state index contributed by atoms with van der Waals surface area (Å²) < 4.78 is 17.7. The quantitative estimate of drug-likeness (QED) is 0.733. The predicted octanol–water partition coefficient (Wildman–Crippen LogP) is 2.07. The van der Waals surface area contributed by atoms with Crippen molar-refractivity contribution in [1.82, 2.24) is 14.5 Å². The zero-order valence-electron chi connectivity index (χ0n) is 13.4. The number of oxazole rings is 1. The number of fused-ring (bicyclic) bond motifs is 1. The highest BCUT2D eigenvalue weighted by molar-refractivity contribution is 5.79. The summed E-state index contributed by atoms with van der Waals surface area (Å²) in [5, 5.41) is 0. The van der Waals surface area contributed by atoms with Crippen LogP contribution in [0.3, 0.4) is 0 Å². The van der Waals surface area contributed by atoms with Gasteiger partial charge in [-0.1, -0.05) is 0 Å². The van der Waals surface area contributed by atoms with Gasteiger partial charge >= 0.3 is 0 Å². The molecule has 0 N–H and O–H groups in total.